The highest BCUT2D eigenvalue weighted by Crippen LogP contribution is 2.27. The number of fused-ring (bicyclic) bond motifs is 1. The first-order valence-corrected chi connectivity index (χ1v) is 6.64. The lowest BCUT2D eigenvalue weighted by Gasteiger charge is -2.48. The van der Waals surface area contributed by atoms with E-state index >= 15 is 0 Å². The van der Waals surface area contributed by atoms with Gasteiger partial charge in [0.05, 0.1) is 0 Å². The molecule has 1 aromatic rings. The van der Waals surface area contributed by atoms with Crippen molar-refractivity contribution < 1.29 is 4.39 Å². The fourth-order valence-corrected chi connectivity index (χ4v) is 3.11. The minimum atomic E-state index is -0.155. The lowest BCUT2D eigenvalue weighted by atomic mass is 9.98. The van der Waals surface area contributed by atoms with Crippen LogP contribution in [0.5, 0.6) is 0 Å². The molecule has 2 saturated heterocycles. The van der Waals surface area contributed by atoms with Crippen LogP contribution in [0.4, 0.5) is 4.39 Å². The summed E-state index contributed by atoms with van der Waals surface area (Å²) >= 11 is 0. The molecule has 1 aromatic carbocycles. The minimum absolute atomic E-state index is 0.155. The van der Waals surface area contributed by atoms with Crippen LogP contribution in [0.15, 0.2) is 24.3 Å². The second kappa shape index (κ2) is 4.96. The molecule has 0 amide bonds. The largest absolute Gasteiger partial charge is 0.313 e. The molecular weight excluding hydrogens is 229 g/mol. The van der Waals surface area contributed by atoms with E-state index in [9.17, 15) is 4.39 Å². The predicted molar refractivity (Wildman–Crippen MR) is 70.0 cm³/mol. The Hall–Kier alpha value is -0.970. The Morgan fingerprint density at radius 2 is 1.94 bits per heavy atom. The van der Waals surface area contributed by atoms with Gasteiger partial charge in [-0.1, -0.05) is 12.1 Å². The number of hydrogen-bond donors (Lipinski definition) is 1. The maximum atomic E-state index is 13.0. The zero-order valence-corrected chi connectivity index (χ0v) is 10.8. The lowest BCUT2D eigenvalue weighted by Crippen LogP contribution is -2.61. The van der Waals surface area contributed by atoms with Crippen molar-refractivity contribution in [2.75, 3.05) is 39.8 Å². The topological polar surface area (TPSA) is 18.5 Å². The molecule has 0 aliphatic carbocycles. The van der Waals surface area contributed by atoms with Crippen molar-refractivity contribution in [2.45, 2.75) is 12.1 Å². The monoisotopic (exact) mass is 249 g/mol. The SMILES string of the molecule is CN1CCN2C(CNCC2c2ccc(F)cc2)C1. The second-order valence-corrected chi connectivity index (χ2v) is 5.38. The Morgan fingerprint density at radius 3 is 2.72 bits per heavy atom. The molecule has 1 N–H and O–H groups in total. The summed E-state index contributed by atoms with van der Waals surface area (Å²) in [4.78, 5) is 4.96. The summed E-state index contributed by atoms with van der Waals surface area (Å²) in [6.07, 6.45) is 0. The number of halogens is 1. The fourth-order valence-electron chi connectivity index (χ4n) is 3.11. The highest BCUT2D eigenvalue weighted by atomic mass is 19.1. The number of rotatable bonds is 1. The third kappa shape index (κ3) is 2.28. The summed E-state index contributed by atoms with van der Waals surface area (Å²) in [7, 11) is 2.18. The standard InChI is InChI=1S/C14H20FN3/c1-17-6-7-18-13(10-17)8-16-9-14(18)11-2-4-12(15)5-3-11/h2-5,13-14,16H,6-10H2,1H3. The first-order chi connectivity index (χ1) is 8.74. The van der Waals surface area contributed by atoms with Gasteiger partial charge in [-0.25, -0.2) is 4.39 Å². The number of hydrogen-bond acceptors (Lipinski definition) is 3. The Balaban J connectivity index is 1.81. The van der Waals surface area contributed by atoms with E-state index in [2.05, 4.69) is 22.2 Å². The average molecular weight is 249 g/mol. The van der Waals surface area contributed by atoms with Crippen LogP contribution in [-0.2, 0) is 0 Å². The molecule has 2 aliphatic heterocycles. The van der Waals surface area contributed by atoms with Gasteiger partial charge in [0.15, 0.2) is 0 Å². The van der Waals surface area contributed by atoms with Gasteiger partial charge in [-0.2, -0.15) is 0 Å². The molecule has 0 radical (unpaired) electrons. The molecule has 0 spiro atoms. The summed E-state index contributed by atoms with van der Waals surface area (Å²) in [5.41, 5.74) is 1.22. The van der Waals surface area contributed by atoms with Gasteiger partial charge in [0.25, 0.3) is 0 Å². The first kappa shape index (κ1) is 12.1. The molecule has 2 heterocycles. The van der Waals surface area contributed by atoms with Crippen LogP contribution < -0.4 is 5.32 Å². The van der Waals surface area contributed by atoms with Gasteiger partial charge in [-0.3, -0.25) is 4.90 Å². The van der Waals surface area contributed by atoms with E-state index in [1.165, 1.54) is 5.56 Å². The summed E-state index contributed by atoms with van der Waals surface area (Å²) in [6, 6.07) is 7.93. The van der Waals surface area contributed by atoms with Crippen LogP contribution >= 0.6 is 0 Å². The van der Waals surface area contributed by atoms with E-state index in [1.807, 2.05) is 12.1 Å². The normalized spacial score (nSPS) is 30.1. The van der Waals surface area contributed by atoms with Crippen molar-refractivity contribution in [1.82, 2.24) is 15.1 Å². The first-order valence-electron chi connectivity index (χ1n) is 6.64. The maximum Gasteiger partial charge on any atom is 0.123 e. The maximum absolute atomic E-state index is 13.0. The van der Waals surface area contributed by atoms with Crippen LogP contribution in [-0.4, -0.2) is 55.6 Å². The van der Waals surface area contributed by atoms with E-state index in [-0.39, 0.29) is 5.82 Å². The van der Waals surface area contributed by atoms with Gasteiger partial charge < -0.3 is 10.2 Å². The Morgan fingerprint density at radius 1 is 1.17 bits per heavy atom. The zero-order chi connectivity index (χ0) is 12.5. The molecule has 4 heteroatoms. The zero-order valence-electron chi connectivity index (χ0n) is 10.8. The van der Waals surface area contributed by atoms with Crippen molar-refractivity contribution in [1.29, 1.82) is 0 Å². The van der Waals surface area contributed by atoms with Crippen molar-refractivity contribution in [3.8, 4) is 0 Å². The molecule has 0 aromatic heterocycles. The van der Waals surface area contributed by atoms with Crippen molar-refractivity contribution in [2.24, 2.45) is 0 Å². The van der Waals surface area contributed by atoms with Crippen LogP contribution in [0.1, 0.15) is 11.6 Å². The second-order valence-electron chi connectivity index (χ2n) is 5.38. The van der Waals surface area contributed by atoms with Gasteiger partial charge in [-0.05, 0) is 24.7 Å². The van der Waals surface area contributed by atoms with E-state index in [0.29, 0.717) is 12.1 Å². The van der Waals surface area contributed by atoms with E-state index < -0.39 is 0 Å². The molecule has 2 aliphatic rings. The molecule has 2 atom stereocenters. The number of benzene rings is 1. The van der Waals surface area contributed by atoms with E-state index in [4.69, 9.17) is 0 Å². The van der Waals surface area contributed by atoms with E-state index in [1.54, 1.807) is 12.1 Å². The molecule has 0 saturated carbocycles. The van der Waals surface area contributed by atoms with Gasteiger partial charge in [-0.15, -0.1) is 0 Å². The predicted octanol–water partition coefficient (Wildman–Crippen LogP) is 1.09. The summed E-state index contributed by atoms with van der Waals surface area (Å²) in [5.74, 6) is -0.155. The average Bonchev–Trinajstić information content (AvgIpc) is 2.38. The van der Waals surface area contributed by atoms with Crippen molar-refractivity contribution in [3.05, 3.63) is 35.6 Å². The van der Waals surface area contributed by atoms with Crippen LogP contribution in [0.3, 0.4) is 0 Å². The minimum Gasteiger partial charge on any atom is -0.313 e. The highest BCUT2D eigenvalue weighted by molar-refractivity contribution is 5.21. The Labute approximate surface area is 108 Å². The molecule has 3 rings (SSSR count). The lowest BCUT2D eigenvalue weighted by molar-refractivity contribution is 0.0290. The molecule has 18 heavy (non-hydrogen) atoms. The molecule has 2 unspecified atom stereocenters. The van der Waals surface area contributed by atoms with Gasteiger partial charge in [0, 0.05) is 44.8 Å². The van der Waals surface area contributed by atoms with Crippen LogP contribution in [0.25, 0.3) is 0 Å². The van der Waals surface area contributed by atoms with Crippen LogP contribution in [0.2, 0.25) is 0 Å². The fraction of sp³-hybridized carbons (Fsp3) is 0.571. The van der Waals surface area contributed by atoms with Gasteiger partial charge >= 0.3 is 0 Å². The smallest absolute Gasteiger partial charge is 0.123 e. The summed E-state index contributed by atoms with van der Waals surface area (Å²) in [5, 5.41) is 3.51. The molecular formula is C14H20FN3. The number of nitrogens with zero attached hydrogens (tertiary/aromatic N) is 2. The third-order valence-corrected chi connectivity index (χ3v) is 4.10. The molecule has 3 nitrogen and oxygen atoms in total. The molecule has 2 fully saturated rings. The van der Waals surface area contributed by atoms with Crippen molar-refractivity contribution >= 4 is 0 Å². The number of piperazine rings is 2. The number of likely N-dealkylation sites (N-methyl/N-ethyl adjacent to an activating group) is 1. The van der Waals surface area contributed by atoms with Crippen molar-refractivity contribution in [3.63, 3.8) is 0 Å². The summed E-state index contributed by atoms with van der Waals surface area (Å²) < 4.78 is 13.0. The molecule has 98 valence electrons. The Kier molecular flexibility index (Phi) is 3.33. The number of nitrogens with one attached hydrogen (secondary N) is 1. The quantitative estimate of drug-likeness (QED) is 0.803. The van der Waals surface area contributed by atoms with E-state index in [0.717, 1.165) is 32.7 Å². The third-order valence-electron chi connectivity index (χ3n) is 4.10. The van der Waals surface area contributed by atoms with Gasteiger partial charge in [0.2, 0.25) is 0 Å². The van der Waals surface area contributed by atoms with Gasteiger partial charge in [0.1, 0.15) is 5.82 Å². The van der Waals surface area contributed by atoms with Crippen LogP contribution in [0, 0.1) is 5.82 Å². The summed E-state index contributed by atoms with van der Waals surface area (Å²) in [6.45, 7) is 5.36. The molecule has 0 bridgehead atoms. The highest BCUT2D eigenvalue weighted by Gasteiger charge is 2.34. The Bertz CT molecular complexity index is 406.